The molecule has 0 heterocycles. The lowest BCUT2D eigenvalue weighted by Crippen LogP contribution is -1.82. The van der Waals surface area contributed by atoms with Gasteiger partial charge >= 0.3 is 0 Å². The van der Waals surface area contributed by atoms with Crippen LogP contribution in [0.4, 0.5) is 0 Å². The predicted molar refractivity (Wildman–Crippen MR) is 44.6 cm³/mol. The lowest BCUT2D eigenvalue weighted by molar-refractivity contribution is 0.215. The largest absolute Gasteiger partial charge is 0.399 e. The third-order valence-electron chi connectivity index (χ3n) is 1.26. The molecule has 1 rings (SSSR count). The normalized spacial score (nSPS) is 10.4. The molecule has 0 saturated carbocycles. The zero-order chi connectivity index (χ0) is 8.10. The molecule has 0 saturated heterocycles. The summed E-state index contributed by atoms with van der Waals surface area (Å²) in [5, 5.41) is 3.63. The van der Waals surface area contributed by atoms with Crippen LogP contribution in [0.2, 0.25) is 0 Å². The first-order valence-corrected chi connectivity index (χ1v) is 3.38. The van der Waals surface area contributed by atoms with Crippen molar-refractivity contribution in [1.82, 2.24) is 0 Å². The molecule has 1 aromatic rings. The third kappa shape index (κ3) is 2.42. The highest BCUT2D eigenvalue weighted by molar-refractivity contribution is 5.78. The standard InChI is InChI=1S/C9H10NO/c1-8-4-3-5-9(6-8)7-10-11-2/h3-5,7H,1-2H3/b10-7+. The molecule has 57 valence electrons. The Balaban J connectivity index is 2.79. The summed E-state index contributed by atoms with van der Waals surface area (Å²) in [5.74, 6) is 0. The summed E-state index contributed by atoms with van der Waals surface area (Å²) in [6, 6.07) is 8.99. The molecular weight excluding hydrogens is 138 g/mol. The number of hydrogen-bond acceptors (Lipinski definition) is 2. The summed E-state index contributed by atoms with van der Waals surface area (Å²) >= 11 is 0. The quantitative estimate of drug-likeness (QED) is 0.462. The first kappa shape index (κ1) is 7.79. The van der Waals surface area contributed by atoms with Crippen molar-refractivity contribution in [2.45, 2.75) is 6.92 Å². The van der Waals surface area contributed by atoms with Gasteiger partial charge in [0.25, 0.3) is 0 Å². The molecule has 0 aliphatic heterocycles. The van der Waals surface area contributed by atoms with E-state index >= 15 is 0 Å². The van der Waals surface area contributed by atoms with Gasteiger partial charge in [0.1, 0.15) is 7.11 Å². The second-order valence-corrected chi connectivity index (χ2v) is 2.21. The molecular formula is C9H10NO. The lowest BCUT2D eigenvalue weighted by Gasteiger charge is -1.92. The van der Waals surface area contributed by atoms with Crippen molar-refractivity contribution < 1.29 is 4.84 Å². The SMILES string of the molecule is CO/N=C/c1[c]c(C)ccc1. The zero-order valence-electron chi connectivity index (χ0n) is 6.66. The maximum Gasteiger partial charge on any atom is 0.106 e. The lowest BCUT2D eigenvalue weighted by atomic mass is 10.2. The van der Waals surface area contributed by atoms with Crippen LogP contribution in [-0.2, 0) is 4.84 Å². The molecule has 1 aromatic carbocycles. The molecule has 2 nitrogen and oxygen atoms in total. The highest BCUT2D eigenvalue weighted by atomic mass is 16.6. The van der Waals surface area contributed by atoms with E-state index in [2.05, 4.69) is 16.1 Å². The molecule has 0 atom stereocenters. The average molecular weight is 148 g/mol. The van der Waals surface area contributed by atoms with Gasteiger partial charge < -0.3 is 4.84 Å². The molecule has 2 heteroatoms. The summed E-state index contributed by atoms with van der Waals surface area (Å²) in [7, 11) is 1.52. The van der Waals surface area contributed by atoms with Gasteiger partial charge in [-0.1, -0.05) is 23.4 Å². The Hall–Kier alpha value is -1.31. The van der Waals surface area contributed by atoms with E-state index < -0.39 is 0 Å². The Kier molecular flexibility index (Phi) is 2.66. The summed E-state index contributed by atoms with van der Waals surface area (Å²) < 4.78 is 0. The van der Waals surface area contributed by atoms with Gasteiger partial charge in [-0.2, -0.15) is 0 Å². The molecule has 0 fully saturated rings. The molecule has 0 aliphatic carbocycles. The molecule has 0 unspecified atom stereocenters. The second-order valence-electron chi connectivity index (χ2n) is 2.21. The van der Waals surface area contributed by atoms with Crippen LogP contribution in [0.25, 0.3) is 0 Å². The Morgan fingerprint density at radius 2 is 2.36 bits per heavy atom. The molecule has 0 spiro atoms. The molecule has 0 bridgehead atoms. The maximum atomic E-state index is 4.54. The van der Waals surface area contributed by atoms with Gasteiger partial charge in [0.05, 0.1) is 6.21 Å². The topological polar surface area (TPSA) is 21.6 Å². The van der Waals surface area contributed by atoms with E-state index in [0.717, 1.165) is 11.1 Å². The minimum atomic E-state index is 0.937. The van der Waals surface area contributed by atoms with Crippen LogP contribution in [-0.4, -0.2) is 13.3 Å². The fourth-order valence-electron chi connectivity index (χ4n) is 0.792. The summed E-state index contributed by atoms with van der Waals surface area (Å²) in [4.78, 5) is 4.54. The smallest absolute Gasteiger partial charge is 0.106 e. The van der Waals surface area contributed by atoms with Crippen molar-refractivity contribution in [2.24, 2.45) is 5.16 Å². The number of nitrogens with zero attached hydrogens (tertiary/aromatic N) is 1. The number of hydrogen-bond donors (Lipinski definition) is 0. The molecule has 0 N–H and O–H groups in total. The highest BCUT2D eigenvalue weighted by Gasteiger charge is 1.87. The van der Waals surface area contributed by atoms with Gasteiger partial charge in [0, 0.05) is 5.56 Å². The Bertz CT molecular complexity index is 255. The van der Waals surface area contributed by atoms with Crippen LogP contribution in [0.5, 0.6) is 0 Å². The number of benzene rings is 1. The first-order chi connectivity index (χ1) is 5.33. The monoisotopic (exact) mass is 148 g/mol. The van der Waals surface area contributed by atoms with E-state index in [0.29, 0.717) is 0 Å². The minimum Gasteiger partial charge on any atom is -0.399 e. The average Bonchev–Trinajstić information content (AvgIpc) is 2.01. The molecule has 0 aliphatic rings. The van der Waals surface area contributed by atoms with Gasteiger partial charge in [-0.25, -0.2) is 0 Å². The van der Waals surface area contributed by atoms with E-state index in [-0.39, 0.29) is 0 Å². The van der Waals surface area contributed by atoms with Crippen LogP contribution < -0.4 is 0 Å². The van der Waals surface area contributed by atoms with E-state index in [1.54, 1.807) is 6.21 Å². The van der Waals surface area contributed by atoms with Gasteiger partial charge in [0.15, 0.2) is 0 Å². The fraction of sp³-hybridized carbons (Fsp3) is 0.222. The van der Waals surface area contributed by atoms with Crippen LogP contribution in [0.15, 0.2) is 23.4 Å². The maximum absolute atomic E-state index is 4.54. The van der Waals surface area contributed by atoms with Gasteiger partial charge in [-0.15, -0.1) is 0 Å². The molecule has 1 radical (unpaired) electrons. The molecule has 0 aromatic heterocycles. The van der Waals surface area contributed by atoms with Crippen molar-refractivity contribution in [3.05, 3.63) is 35.4 Å². The second kappa shape index (κ2) is 3.76. The summed E-state index contributed by atoms with van der Waals surface area (Å²) in [6.45, 7) is 1.99. The van der Waals surface area contributed by atoms with Gasteiger partial charge in [0.2, 0.25) is 0 Å². The van der Waals surface area contributed by atoms with Crippen LogP contribution in [0, 0.1) is 13.0 Å². The third-order valence-corrected chi connectivity index (χ3v) is 1.26. The van der Waals surface area contributed by atoms with Gasteiger partial charge in [-0.05, 0) is 18.6 Å². The van der Waals surface area contributed by atoms with E-state index in [1.807, 2.05) is 25.1 Å². The van der Waals surface area contributed by atoms with Crippen molar-refractivity contribution >= 4 is 6.21 Å². The molecule has 11 heavy (non-hydrogen) atoms. The van der Waals surface area contributed by atoms with E-state index in [9.17, 15) is 0 Å². The fourth-order valence-corrected chi connectivity index (χ4v) is 0.792. The van der Waals surface area contributed by atoms with Crippen molar-refractivity contribution in [3.8, 4) is 0 Å². The van der Waals surface area contributed by atoms with Crippen LogP contribution in [0.1, 0.15) is 11.1 Å². The Morgan fingerprint density at radius 1 is 1.55 bits per heavy atom. The predicted octanol–water partition coefficient (Wildman–Crippen LogP) is 1.78. The van der Waals surface area contributed by atoms with E-state index in [4.69, 9.17) is 0 Å². The zero-order valence-corrected chi connectivity index (χ0v) is 6.66. The Morgan fingerprint density at radius 3 is 3.00 bits per heavy atom. The Labute approximate surface area is 66.5 Å². The minimum absolute atomic E-state index is 0.937. The number of rotatable bonds is 2. The van der Waals surface area contributed by atoms with Crippen LogP contribution >= 0.6 is 0 Å². The van der Waals surface area contributed by atoms with Crippen molar-refractivity contribution in [2.75, 3.05) is 7.11 Å². The first-order valence-electron chi connectivity index (χ1n) is 3.38. The number of aryl methyl sites for hydroxylation is 1. The van der Waals surface area contributed by atoms with Gasteiger partial charge in [-0.3, -0.25) is 0 Å². The summed E-state index contributed by atoms with van der Waals surface area (Å²) in [5.41, 5.74) is 2.04. The van der Waals surface area contributed by atoms with Crippen molar-refractivity contribution in [3.63, 3.8) is 0 Å². The highest BCUT2D eigenvalue weighted by Crippen LogP contribution is 1.99. The summed E-state index contributed by atoms with van der Waals surface area (Å²) in [6.07, 6.45) is 1.63. The number of oxime groups is 1. The molecule has 0 amide bonds. The van der Waals surface area contributed by atoms with Crippen LogP contribution in [0.3, 0.4) is 0 Å². The van der Waals surface area contributed by atoms with Crippen molar-refractivity contribution in [1.29, 1.82) is 0 Å². The van der Waals surface area contributed by atoms with E-state index in [1.165, 1.54) is 7.11 Å².